The number of carbonyl (C=O) groups excluding carboxylic acids is 1. The second-order valence-corrected chi connectivity index (χ2v) is 2.84. The number of rotatable bonds is 7. The molecule has 4 nitrogen and oxygen atoms in total. The Hall–Kier alpha value is -0.610. The molecule has 0 aliphatic heterocycles. The Kier molecular flexibility index (Phi) is 26.4. The van der Waals surface area contributed by atoms with Crippen molar-refractivity contribution in [1.29, 1.82) is 0 Å². The lowest BCUT2D eigenvalue weighted by Crippen LogP contribution is -2.36. The van der Waals surface area contributed by atoms with Gasteiger partial charge in [-0.3, -0.25) is 4.79 Å². The summed E-state index contributed by atoms with van der Waals surface area (Å²) < 4.78 is 4.88. The quantitative estimate of drug-likeness (QED) is 0.702. The van der Waals surface area contributed by atoms with E-state index in [0.717, 1.165) is 26.2 Å². The number of methoxy groups -OCH3 is 1. The van der Waals surface area contributed by atoms with E-state index < -0.39 is 0 Å². The third-order valence-electron chi connectivity index (χ3n) is 1.87. The monoisotopic (exact) mass is 248 g/mol. The van der Waals surface area contributed by atoms with Crippen LogP contribution in [0.15, 0.2) is 0 Å². The first-order valence-electron chi connectivity index (χ1n) is 6.67. The predicted molar refractivity (Wildman–Crippen MR) is 75.4 cm³/mol. The number of likely N-dealkylation sites (N-methyl/N-ethyl adjacent to an activating group) is 1. The lowest BCUT2D eigenvalue weighted by atomic mass is 10.4. The predicted octanol–water partition coefficient (Wildman–Crippen LogP) is 2.14. The zero-order valence-electron chi connectivity index (χ0n) is 12.8. The van der Waals surface area contributed by atoms with Gasteiger partial charge in [-0.25, -0.2) is 0 Å². The summed E-state index contributed by atoms with van der Waals surface area (Å²) in [4.78, 5) is 12.8. The molecule has 0 atom stereocenters. The van der Waals surface area contributed by atoms with Crippen molar-refractivity contribution in [2.24, 2.45) is 0 Å². The first kappa shape index (κ1) is 21.7. The number of nitrogens with one attached hydrogen (secondary N) is 1. The lowest BCUT2D eigenvalue weighted by Gasteiger charge is -2.18. The van der Waals surface area contributed by atoms with Crippen LogP contribution in [-0.2, 0) is 9.53 Å². The molecular formula is C13H32N2O2. The van der Waals surface area contributed by atoms with Crippen LogP contribution >= 0.6 is 0 Å². The Balaban J connectivity index is -0.000000439. The average molecular weight is 248 g/mol. The Bertz CT molecular complexity index is 141. The molecule has 1 amide bonds. The standard InChI is InChI=1S/C9H20N2O2.2C2H6/c1-4-11(9(2)12)7-5-10-6-8-13-3;2*1-2/h10H,4-8H2,1-3H3;2*1-2H3. The van der Waals surface area contributed by atoms with E-state index in [0.29, 0.717) is 6.61 Å². The maximum atomic E-state index is 11.0. The van der Waals surface area contributed by atoms with E-state index in [1.54, 1.807) is 18.9 Å². The van der Waals surface area contributed by atoms with Crippen LogP contribution in [0.25, 0.3) is 0 Å². The SMILES string of the molecule is CC.CC.CCN(CCNCCOC)C(C)=O. The van der Waals surface area contributed by atoms with Crippen LogP contribution in [-0.4, -0.2) is 50.7 Å². The maximum absolute atomic E-state index is 11.0. The molecule has 0 bridgehead atoms. The van der Waals surface area contributed by atoms with E-state index in [-0.39, 0.29) is 5.91 Å². The van der Waals surface area contributed by atoms with Gasteiger partial charge in [0.05, 0.1) is 6.61 Å². The molecular weight excluding hydrogens is 216 g/mol. The largest absolute Gasteiger partial charge is 0.383 e. The first-order valence-corrected chi connectivity index (χ1v) is 6.67. The number of nitrogens with zero attached hydrogens (tertiary/aromatic N) is 1. The summed E-state index contributed by atoms with van der Waals surface area (Å²) in [6, 6.07) is 0. The Labute approximate surface area is 108 Å². The summed E-state index contributed by atoms with van der Waals surface area (Å²) in [5.41, 5.74) is 0. The molecule has 0 heterocycles. The van der Waals surface area contributed by atoms with Crippen molar-refractivity contribution in [2.75, 3.05) is 39.9 Å². The normalized spacial score (nSPS) is 8.41. The molecule has 1 N–H and O–H groups in total. The van der Waals surface area contributed by atoms with Gasteiger partial charge in [-0.15, -0.1) is 0 Å². The van der Waals surface area contributed by atoms with Crippen molar-refractivity contribution >= 4 is 5.91 Å². The van der Waals surface area contributed by atoms with Crippen molar-refractivity contribution < 1.29 is 9.53 Å². The molecule has 0 saturated heterocycles. The number of amides is 1. The van der Waals surface area contributed by atoms with Crippen molar-refractivity contribution in [3.63, 3.8) is 0 Å². The van der Waals surface area contributed by atoms with Gasteiger partial charge in [-0.1, -0.05) is 27.7 Å². The minimum atomic E-state index is 0.135. The molecule has 17 heavy (non-hydrogen) atoms. The van der Waals surface area contributed by atoms with E-state index >= 15 is 0 Å². The molecule has 4 heteroatoms. The summed E-state index contributed by atoms with van der Waals surface area (Å²) in [5.74, 6) is 0.135. The molecule has 0 aliphatic rings. The molecule has 0 spiro atoms. The van der Waals surface area contributed by atoms with Gasteiger partial charge < -0.3 is 15.0 Å². The lowest BCUT2D eigenvalue weighted by molar-refractivity contribution is -0.128. The summed E-state index contributed by atoms with van der Waals surface area (Å²) in [7, 11) is 1.68. The molecule has 0 aliphatic carbocycles. The van der Waals surface area contributed by atoms with Crippen LogP contribution in [0.2, 0.25) is 0 Å². The number of carbonyl (C=O) groups is 1. The third kappa shape index (κ3) is 18.0. The smallest absolute Gasteiger partial charge is 0.219 e. The third-order valence-corrected chi connectivity index (χ3v) is 1.87. The number of hydrogen-bond acceptors (Lipinski definition) is 3. The fourth-order valence-corrected chi connectivity index (χ4v) is 1.05. The van der Waals surface area contributed by atoms with Crippen LogP contribution in [0.5, 0.6) is 0 Å². The highest BCUT2D eigenvalue weighted by atomic mass is 16.5. The van der Waals surface area contributed by atoms with Crippen molar-refractivity contribution in [3.05, 3.63) is 0 Å². The minimum Gasteiger partial charge on any atom is -0.383 e. The van der Waals surface area contributed by atoms with Crippen LogP contribution < -0.4 is 5.32 Å². The van der Waals surface area contributed by atoms with Gasteiger partial charge in [0.1, 0.15) is 0 Å². The fraction of sp³-hybridized carbons (Fsp3) is 0.923. The first-order chi connectivity index (χ1) is 8.22. The van der Waals surface area contributed by atoms with Crippen molar-refractivity contribution in [2.45, 2.75) is 41.5 Å². The van der Waals surface area contributed by atoms with Gasteiger partial charge in [0.25, 0.3) is 0 Å². The molecule has 0 saturated carbocycles. The molecule has 0 aromatic rings. The highest BCUT2D eigenvalue weighted by Gasteiger charge is 2.03. The van der Waals surface area contributed by atoms with E-state index in [1.807, 2.05) is 34.6 Å². The highest BCUT2D eigenvalue weighted by molar-refractivity contribution is 5.73. The fourth-order valence-electron chi connectivity index (χ4n) is 1.05. The van der Waals surface area contributed by atoms with Gasteiger partial charge in [-0.05, 0) is 6.92 Å². The molecule has 0 rings (SSSR count). The zero-order chi connectivity index (χ0) is 14.1. The molecule has 106 valence electrons. The van der Waals surface area contributed by atoms with E-state index in [1.165, 1.54) is 0 Å². The van der Waals surface area contributed by atoms with Crippen LogP contribution in [0.1, 0.15) is 41.5 Å². The summed E-state index contributed by atoms with van der Waals surface area (Å²) in [6.45, 7) is 15.5. The van der Waals surface area contributed by atoms with Gasteiger partial charge in [0.15, 0.2) is 0 Å². The van der Waals surface area contributed by atoms with Crippen LogP contribution in [0.3, 0.4) is 0 Å². The van der Waals surface area contributed by atoms with Crippen molar-refractivity contribution in [1.82, 2.24) is 10.2 Å². The average Bonchev–Trinajstić information content (AvgIpc) is 2.38. The van der Waals surface area contributed by atoms with Gasteiger partial charge in [0, 0.05) is 40.2 Å². The summed E-state index contributed by atoms with van der Waals surface area (Å²) in [6.07, 6.45) is 0. The molecule has 0 aromatic heterocycles. The van der Waals surface area contributed by atoms with E-state index in [2.05, 4.69) is 5.32 Å². The minimum absolute atomic E-state index is 0.135. The highest BCUT2D eigenvalue weighted by Crippen LogP contribution is 1.86. The summed E-state index contributed by atoms with van der Waals surface area (Å²) in [5, 5.41) is 3.19. The zero-order valence-corrected chi connectivity index (χ0v) is 12.8. The van der Waals surface area contributed by atoms with Crippen LogP contribution in [0, 0.1) is 0 Å². The second-order valence-electron chi connectivity index (χ2n) is 2.84. The van der Waals surface area contributed by atoms with Crippen LogP contribution in [0.4, 0.5) is 0 Å². The Morgan fingerprint density at radius 2 is 1.71 bits per heavy atom. The Morgan fingerprint density at radius 1 is 1.18 bits per heavy atom. The maximum Gasteiger partial charge on any atom is 0.219 e. The topological polar surface area (TPSA) is 41.6 Å². The summed E-state index contributed by atoms with van der Waals surface area (Å²) >= 11 is 0. The Morgan fingerprint density at radius 3 is 2.06 bits per heavy atom. The molecule has 0 unspecified atom stereocenters. The molecule has 0 aromatic carbocycles. The van der Waals surface area contributed by atoms with Crippen molar-refractivity contribution in [3.8, 4) is 0 Å². The molecule has 0 fully saturated rings. The second kappa shape index (κ2) is 20.8. The van der Waals surface area contributed by atoms with E-state index in [4.69, 9.17) is 4.74 Å². The van der Waals surface area contributed by atoms with Gasteiger partial charge in [0.2, 0.25) is 5.91 Å². The number of ether oxygens (including phenoxy) is 1. The number of hydrogen-bond donors (Lipinski definition) is 1. The van der Waals surface area contributed by atoms with Gasteiger partial charge >= 0.3 is 0 Å². The van der Waals surface area contributed by atoms with Gasteiger partial charge in [-0.2, -0.15) is 0 Å². The van der Waals surface area contributed by atoms with E-state index in [9.17, 15) is 4.79 Å². The molecule has 0 radical (unpaired) electrons.